The quantitative estimate of drug-likeness (QED) is 0.758. The van der Waals surface area contributed by atoms with Crippen molar-refractivity contribution in [1.82, 2.24) is 20.2 Å². The third-order valence-electron chi connectivity index (χ3n) is 2.24. The van der Waals surface area contributed by atoms with Gasteiger partial charge in [-0.3, -0.25) is 0 Å². The van der Waals surface area contributed by atoms with Gasteiger partial charge in [-0.05, 0) is 35.0 Å². The molecule has 18 heavy (non-hydrogen) atoms. The summed E-state index contributed by atoms with van der Waals surface area (Å²) in [5.74, 6) is -0.869. The van der Waals surface area contributed by atoms with Crippen molar-refractivity contribution in [3.8, 4) is 0 Å². The average Bonchev–Trinajstić information content (AvgIpc) is 2.81. The molecule has 2 aromatic rings. The molecule has 1 aromatic carbocycles. The molecular weight excluding hydrogens is 239 g/mol. The summed E-state index contributed by atoms with van der Waals surface area (Å²) in [4.78, 5) is 11.5. The molecule has 0 atom stereocenters. The predicted molar refractivity (Wildman–Crippen MR) is 59.3 cm³/mol. The Morgan fingerprint density at radius 2 is 2.11 bits per heavy atom. The fraction of sp³-hybridized carbons (Fsp3) is 0.273. The Hall–Kier alpha value is -2.31. The lowest BCUT2D eigenvalue weighted by molar-refractivity contribution is 0.0505. The van der Waals surface area contributed by atoms with Crippen LogP contribution in [0, 0.1) is 5.82 Å². The van der Waals surface area contributed by atoms with E-state index in [2.05, 4.69) is 15.5 Å². The van der Waals surface area contributed by atoms with Gasteiger partial charge in [0.25, 0.3) is 5.82 Å². The second-order valence-corrected chi connectivity index (χ2v) is 3.51. The highest BCUT2D eigenvalue weighted by molar-refractivity contribution is 5.85. The summed E-state index contributed by atoms with van der Waals surface area (Å²) < 4.78 is 18.9. The van der Waals surface area contributed by atoms with E-state index in [-0.39, 0.29) is 24.8 Å². The van der Waals surface area contributed by atoms with Gasteiger partial charge in [0.2, 0.25) is 0 Å². The molecule has 7 heteroatoms. The van der Waals surface area contributed by atoms with Gasteiger partial charge in [0.05, 0.1) is 13.2 Å². The largest absolute Gasteiger partial charge is 0.460 e. The Kier molecular flexibility index (Phi) is 3.61. The van der Waals surface area contributed by atoms with Crippen LogP contribution >= 0.6 is 0 Å². The van der Waals surface area contributed by atoms with Crippen LogP contribution in [0.25, 0.3) is 0 Å². The summed E-state index contributed by atoms with van der Waals surface area (Å²) in [6.45, 7) is 2.23. The first kappa shape index (κ1) is 12.2. The molecule has 0 unspecified atom stereocenters. The maximum atomic E-state index is 12.8. The summed E-state index contributed by atoms with van der Waals surface area (Å²) in [6.07, 6.45) is 0. The van der Waals surface area contributed by atoms with Crippen LogP contribution in [0.3, 0.4) is 0 Å². The monoisotopic (exact) mass is 250 g/mol. The number of nitrogens with zero attached hydrogens (tertiary/aromatic N) is 4. The van der Waals surface area contributed by atoms with Crippen molar-refractivity contribution in [2.75, 3.05) is 6.61 Å². The first-order chi connectivity index (χ1) is 8.70. The molecule has 0 amide bonds. The number of carbonyl (C=O) groups is 1. The van der Waals surface area contributed by atoms with Crippen molar-refractivity contribution < 1.29 is 13.9 Å². The zero-order valence-corrected chi connectivity index (χ0v) is 9.71. The molecule has 0 aliphatic heterocycles. The van der Waals surface area contributed by atoms with Crippen molar-refractivity contribution in [1.29, 1.82) is 0 Å². The number of tetrazole rings is 1. The minimum Gasteiger partial charge on any atom is -0.460 e. The molecule has 0 spiro atoms. The fourth-order valence-electron chi connectivity index (χ4n) is 1.42. The number of halogens is 1. The Morgan fingerprint density at radius 1 is 1.39 bits per heavy atom. The molecule has 2 rings (SSSR count). The lowest BCUT2D eigenvalue weighted by atomic mass is 10.2. The Morgan fingerprint density at radius 3 is 2.78 bits per heavy atom. The van der Waals surface area contributed by atoms with E-state index in [4.69, 9.17) is 4.74 Å². The van der Waals surface area contributed by atoms with Gasteiger partial charge >= 0.3 is 5.97 Å². The maximum absolute atomic E-state index is 12.8. The number of hydrogen-bond donors (Lipinski definition) is 0. The highest BCUT2D eigenvalue weighted by atomic mass is 19.1. The Labute approximate surface area is 102 Å². The van der Waals surface area contributed by atoms with Gasteiger partial charge in [-0.25, -0.2) is 13.9 Å². The number of hydrogen-bond acceptors (Lipinski definition) is 5. The number of esters is 1. The van der Waals surface area contributed by atoms with Crippen LogP contribution < -0.4 is 0 Å². The van der Waals surface area contributed by atoms with E-state index in [1.54, 1.807) is 19.1 Å². The molecule has 0 aliphatic rings. The molecule has 94 valence electrons. The first-order valence-electron chi connectivity index (χ1n) is 5.38. The van der Waals surface area contributed by atoms with Gasteiger partial charge in [-0.1, -0.05) is 12.1 Å². The minimum absolute atomic E-state index is 0.0289. The molecule has 0 bridgehead atoms. The van der Waals surface area contributed by atoms with Gasteiger partial charge in [-0.15, -0.1) is 5.10 Å². The molecule has 0 radical (unpaired) electrons. The highest BCUT2D eigenvalue weighted by Gasteiger charge is 2.16. The van der Waals surface area contributed by atoms with Crippen LogP contribution in [0.15, 0.2) is 24.3 Å². The Bertz CT molecular complexity index is 538. The van der Waals surface area contributed by atoms with E-state index < -0.39 is 5.97 Å². The molecule has 0 saturated carbocycles. The lowest BCUT2D eigenvalue weighted by Crippen LogP contribution is -2.15. The van der Waals surface area contributed by atoms with E-state index in [1.165, 1.54) is 16.8 Å². The van der Waals surface area contributed by atoms with Gasteiger partial charge in [0.15, 0.2) is 0 Å². The number of carbonyl (C=O) groups excluding carboxylic acids is 1. The number of aromatic nitrogens is 4. The van der Waals surface area contributed by atoms with Crippen molar-refractivity contribution in [2.24, 2.45) is 0 Å². The molecular formula is C11H11FN4O2. The maximum Gasteiger partial charge on any atom is 0.378 e. The zero-order valence-electron chi connectivity index (χ0n) is 9.71. The van der Waals surface area contributed by atoms with Crippen molar-refractivity contribution in [2.45, 2.75) is 13.5 Å². The SMILES string of the molecule is CCOC(=O)c1nnnn1Cc1ccc(F)cc1. The second-order valence-electron chi connectivity index (χ2n) is 3.51. The minimum atomic E-state index is -0.579. The van der Waals surface area contributed by atoms with Crippen molar-refractivity contribution in [3.05, 3.63) is 41.5 Å². The van der Waals surface area contributed by atoms with Crippen LogP contribution in [-0.2, 0) is 11.3 Å². The third-order valence-corrected chi connectivity index (χ3v) is 2.24. The van der Waals surface area contributed by atoms with Crippen LogP contribution in [0.1, 0.15) is 23.1 Å². The zero-order chi connectivity index (χ0) is 13.0. The third kappa shape index (κ3) is 2.68. The summed E-state index contributed by atoms with van der Waals surface area (Å²) in [7, 11) is 0. The van der Waals surface area contributed by atoms with Crippen LogP contribution in [0.5, 0.6) is 0 Å². The second kappa shape index (κ2) is 5.35. The molecule has 6 nitrogen and oxygen atoms in total. The van der Waals surface area contributed by atoms with E-state index >= 15 is 0 Å². The number of ether oxygens (including phenoxy) is 1. The topological polar surface area (TPSA) is 69.9 Å². The van der Waals surface area contributed by atoms with Gasteiger partial charge in [0, 0.05) is 0 Å². The van der Waals surface area contributed by atoms with Crippen LogP contribution in [0.4, 0.5) is 4.39 Å². The van der Waals surface area contributed by atoms with Crippen molar-refractivity contribution >= 4 is 5.97 Å². The summed E-state index contributed by atoms with van der Waals surface area (Å²) in [6, 6.07) is 5.88. The highest BCUT2D eigenvalue weighted by Crippen LogP contribution is 2.06. The Balaban J connectivity index is 2.17. The normalized spacial score (nSPS) is 10.3. The number of rotatable bonds is 4. The predicted octanol–water partition coefficient (Wildman–Crippen LogP) is 1.04. The van der Waals surface area contributed by atoms with E-state index in [0.717, 1.165) is 5.56 Å². The average molecular weight is 250 g/mol. The molecule has 0 N–H and O–H groups in total. The van der Waals surface area contributed by atoms with E-state index in [1.807, 2.05) is 0 Å². The summed E-state index contributed by atoms with van der Waals surface area (Å²) in [5.41, 5.74) is 0.786. The smallest absolute Gasteiger partial charge is 0.378 e. The lowest BCUT2D eigenvalue weighted by Gasteiger charge is -2.04. The van der Waals surface area contributed by atoms with Gasteiger partial charge in [0.1, 0.15) is 5.82 Å². The molecule has 0 saturated heterocycles. The van der Waals surface area contributed by atoms with Gasteiger partial charge in [-0.2, -0.15) is 0 Å². The van der Waals surface area contributed by atoms with Crippen LogP contribution in [0.2, 0.25) is 0 Å². The summed E-state index contributed by atoms with van der Waals surface area (Å²) in [5, 5.41) is 10.7. The standard InChI is InChI=1S/C11H11FN4O2/c1-2-18-11(17)10-13-14-15-16(10)7-8-3-5-9(12)6-4-8/h3-6H,2,7H2,1H3. The van der Waals surface area contributed by atoms with Crippen molar-refractivity contribution in [3.63, 3.8) is 0 Å². The van der Waals surface area contributed by atoms with E-state index in [0.29, 0.717) is 0 Å². The number of benzene rings is 1. The first-order valence-corrected chi connectivity index (χ1v) is 5.38. The molecule has 1 aromatic heterocycles. The van der Waals surface area contributed by atoms with Gasteiger partial charge < -0.3 is 4.74 Å². The molecule has 0 aliphatic carbocycles. The fourth-order valence-corrected chi connectivity index (χ4v) is 1.42. The summed E-state index contributed by atoms with van der Waals surface area (Å²) >= 11 is 0. The molecule has 0 fully saturated rings. The van der Waals surface area contributed by atoms with Crippen LogP contribution in [-0.4, -0.2) is 32.8 Å². The van der Waals surface area contributed by atoms with E-state index in [9.17, 15) is 9.18 Å². The molecule has 1 heterocycles.